The molecule has 5 heteroatoms. The van der Waals surface area contributed by atoms with Crippen molar-refractivity contribution >= 4 is 29.9 Å². The minimum Gasteiger partial charge on any atom is -0.381 e. The number of benzene rings is 1. The van der Waals surface area contributed by atoms with E-state index in [1.54, 1.807) is 0 Å². The summed E-state index contributed by atoms with van der Waals surface area (Å²) in [6.07, 6.45) is 2.09. The van der Waals surface area contributed by atoms with E-state index < -0.39 is 0 Å². The fraction of sp³-hybridized carbons (Fsp3) is 0.611. The van der Waals surface area contributed by atoms with Crippen LogP contribution in [0.4, 0.5) is 0 Å². The summed E-state index contributed by atoms with van der Waals surface area (Å²) < 4.78 is 5.61. The lowest BCUT2D eigenvalue weighted by Crippen LogP contribution is -2.49. The first-order valence-electron chi connectivity index (χ1n) is 8.18. The number of nitrogens with one attached hydrogen (secondary N) is 2. The molecule has 0 amide bonds. The van der Waals surface area contributed by atoms with Crippen molar-refractivity contribution in [1.29, 1.82) is 0 Å². The molecule has 0 radical (unpaired) electrons. The van der Waals surface area contributed by atoms with Gasteiger partial charge in [0.25, 0.3) is 0 Å². The van der Waals surface area contributed by atoms with Crippen LogP contribution in [0.1, 0.15) is 37.8 Å². The number of nitrogens with zero attached hydrogens (tertiary/aromatic N) is 1. The second-order valence-electron chi connectivity index (χ2n) is 6.43. The van der Waals surface area contributed by atoms with E-state index in [9.17, 15) is 0 Å². The van der Waals surface area contributed by atoms with Gasteiger partial charge in [-0.05, 0) is 44.7 Å². The van der Waals surface area contributed by atoms with Crippen LogP contribution in [-0.4, -0.2) is 38.8 Å². The minimum absolute atomic E-state index is 0. The lowest BCUT2D eigenvalue weighted by atomic mass is 9.72. The fourth-order valence-electron chi connectivity index (χ4n) is 3.19. The van der Waals surface area contributed by atoms with Gasteiger partial charge >= 0.3 is 0 Å². The molecule has 1 saturated heterocycles. The Morgan fingerprint density at radius 1 is 1.26 bits per heavy atom. The number of hydrogen-bond acceptors (Lipinski definition) is 2. The Hall–Kier alpha value is -0.820. The topological polar surface area (TPSA) is 45.7 Å². The lowest BCUT2D eigenvalue weighted by Gasteiger charge is -2.39. The highest BCUT2D eigenvalue weighted by Gasteiger charge is 2.35. The van der Waals surface area contributed by atoms with Crippen LogP contribution >= 0.6 is 24.0 Å². The normalized spacial score (nSPS) is 17.5. The second kappa shape index (κ2) is 9.47. The predicted octanol–water partition coefficient (Wildman–Crippen LogP) is 3.23. The molecule has 1 heterocycles. The number of hydrogen-bond donors (Lipinski definition) is 2. The zero-order valence-corrected chi connectivity index (χ0v) is 17.0. The molecular weight excluding hydrogens is 401 g/mol. The lowest BCUT2D eigenvalue weighted by molar-refractivity contribution is 0.0511. The zero-order valence-electron chi connectivity index (χ0n) is 14.7. The molecule has 23 heavy (non-hydrogen) atoms. The van der Waals surface area contributed by atoms with E-state index in [1.807, 2.05) is 7.05 Å². The summed E-state index contributed by atoms with van der Waals surface area (Å²) in [7, 11) is 1.82. The molecule has 0 spiro atoms. The maximum atomic E-state index is 5.61. The van der Waals surface area contributed by atoms with Crippen LogP contribution in [0, 0.1) is 6.92 Å². The highest BCUT2D eigenvalue weighted by molar-refractivity contribution is 14.0. The van der Waals surface area contributed by atoms with E-state index in [1.165, 1.54) is 11.1 Å². The molecule has 2 N–H and O–H groups in total. The molecule has 1 fully saturated rings. The van der Waals surface area contributed by atoms with E-state index in [-0.39, 0.29) is 29.4 Å². The Balaban J connectivity index is 0.00000264. The third-order valence-corrected chi connectivity index (χ3v) is 4.41. The van der Waals surface area contributed by atoms with Crippen LogP contribution in [0.3, 0.4) is 0 Å². The van der Waals surface area contributed by atoms with Gasteiger partial charge in [0, 0.05) is 38.3 Å². The van der Waals surface area contributed by atoms with Crippen LogP contribution in [0.5, 0.6) is 0 Å². The quantitative estimate of drug-likeness (QED) is 0.437. The smallest absolute Gasteiger partial charge is 0.191 e. The Labute approximate surface area is 157 Å². The first-order valence-corrected chi connectivity index (χ1v) is 8.18. The molecular formula is C18H30IN3O. The van der Waals surface area contributed by atoms with Crippen LogP contribution in [0.2, 0.25) is 0 Å². The van der Waals surface area contributed by atoms with Crippen LogP contribution in [0.15, 0.2) is 29.3 Å². The van der Waals surface area contributed by atoms with Crippen molar-refractivity contribution in [1.82, 2.24) is 10.6 Å². The van der Waals surface area contributed by atoms with Crippen molar-refractivity contribution < 1.29 is 4.74 Å². The summed E-state index contributed by atoms with van der Waals surface area (Å²) in [6, 6.07) is 9.09. The summed E-state index contributed by atoms with van der Waals surface area (Å²) >= 11 is 0. The molecule has 0 saturated carbocycles. The number of halogens is 1. The van der Waals surface area contributed by atoms with Crippen molar-refractivity contribution in [2.45, 2.75) is 45.1 Å². The highest BCUT2D eigenvalue weighted by Crippen LogP contribution is 2.36. The molecule has 0 aliphatic carbocycles. The average molecular weight is 431 g/mol. The molecule has 1 aromatic carbocycles. The van der Waals surface area contributed by atoms with Crippen molar-refractivity contribution in [3.05, 3.63) is 35.4 Å². The third-order valence-electron chi connectivity index (χ3n) is 4.41. The summed E-state index contributed by atoms with van der Waals surface area (Å²) in [6.45, 7) is 8.98. The first-order chi connectivity index (χ1) is 10.6. The van der Waals surface area contributed by atoms with E-state index in [4.69, 9.17) is 4.74 Å². The van der Waals surface area contributed by atoms with E-state index in [2.05, 4.69) is 60.7 Å². The molecule has 2 rings (SSSR count). The van der Waals surface area contributed by atoms with Crippen molar-refractivity contribution in [3.8, 4) is 0 Å². The Kier molecular flexibility index (Phi) is 8.33. The van der Waals surface area contributed by atoms with E-state index >= 15 is 0 Å². The molecule has 4 nitrogen and oxygen atoms in total. The maximum absolute atomic E-state index is 5.61. The molecule has 0 atom stereocenters. The number of aliphatic imine (C=N–C) groups is 1. The molecule has 0 unspecified atom stereocenters. The van der Waals surface area contributed by atoms with Crippen LogP contribution in [-0.2, 0) is 10.2 Å². The van der Waals surface area contributed by atoms with Gasteiger partial charge in [0.2, 0.25) is 0 Å². The van der Waals surface area contributed by atoms with Gasteiger partial charge in [0.1, 0.15) is 0 Å². The number of aryl methyl sites for hydroxylation is 1. The third kappa shape index (κ3) is 5.35. The Bertz CT molecular complexity index is 511. The van der Waals surface area contributed by atoms with Gasteiger partial charge in [-0.25, -0.2) is 0 Å². The number of guanidine groups is 1. The SMILES string of the molecule is CN=C(NCC1(c2ccccc2C)CCOCC1)NC(C)C.I. The van der Waals surface area contributed by atoms with Crippen LogP contribution < -0.4 is 10.6 Å². The minimum atomic E-state index is 0. The standard InChI is InChI=1S/C18H29N3O.HI/c1-14(2)21-17(19-4)20-13-18(9-11-22-12-10-18)16-8-6-5-7-15(16)3;/h5-8,14H,9-13H2,1-4H3,(H2,19,20,21);1H. The second-order valence-corrected chi connectivity index (χ2v) is 6.43. The summed E-state index contributed by atoms with van der Waals surface area (Å²) in [5, 5.41) is 6.88. The summed E-state index contributed by atoms with van der Waals surface area (Å²) in [4.78, 5) is 4.32. The fourth-order valence-corrected chi connectivity index (χ4v) is 3.19. The highest BCUT2D eigenvalue weighted by atomic mass is 127. The summed E-state index contributed by atoms with van der Waals surface area (Å²) in [5.74, 6) is 0.870. The molecule has 1 aromatic rings. The molecule has 1 aliphatic rings. The van der Waals surface area contributed by atoms with E-state index in [0.29, 0.717) is 6.04 Å². The Morgan fingerprint density at radius 3 is 2.48 bits per heavy atom. The van der Waals surface area contributed by atoms with E-state index in [0.717, 1.165) is 38.6 Å². The van der Waals surface area contributed by atoms with Gasteiger partial charge < -0.3 is 15.4 Å². The average Bonchev–Trinajstić information content (AvgIpc) is 2.52. The van der Waals surface area contributed by atoms with Crippen molar-refractivity contribution in [2.75, 3.05) is 26.8 Å². The largest absolute Gasteiger partial charge is 0.381 e. The Morgan fingerprint density at radius 2 is 1.91 bits per heavy atom. The maximum Gasteiger partial charge on any atom is 0.191 e. The number of rotatable bonds is 4. The van der Waals surface area contributed by atoms with Gasteiger partial charge in [-0.3, -0.25) is 4.99 Å². The molecule has 0 bridgehead atoms. The molecule has 1 aliphatic heterocycles. The molecule has 130 valence electrons. The van der Waals surface area contributed by atoms with Gasteiger partial charge in [-0.2, -0.15) is 0 Å². The zero-order chi connectivity index (χ0) is 16.0. The van der Waals surface area contributed by atoms with Gasteiger partial charge in [-0.15, -0.1) is 24.0 Å². The van der Waals surface area contributed by atoms with Gasteiger partial charge in [-0.1, -0.05) is 24.3 Å². The molecule has 0 aromatic heterocycles. The van der Waals surface area contributed by atoms with Crippen molar-refractivity contribution in [2.24, 2.45) is 4.99 Å². The summed E-state index contributed by atoms with van der Waals surface area (Å²) in [5.41, 5.74) is 2.92. The van der Waals surface area contributed by atoms with Gasteiger partial charge in [0.15, 0.2) is 5.96 Å². The monoisotopic (exact) mass is 431 g/mol. The number of ether oxygens (including phenoxy) is 1. The predicted molar refractivity (Wildman–Crippen MR) is 108 cm³/mol. The van der Waals surface area contributed by atoms with Crippen molar-refractivity contribution in [3.63, 3.8) is 0 Å². The van der Waals surface area contributed by atoms with Crippen LogP contribution in [0.25, 0.3) is 0 Å². The van der Waals surface area contributed by atoms with Gasteiger partial charge in [0.05, 0.1) is 0 Å². The first kappa shape index (κ1) is 20.2.